The van der Waals surface area contributed by atoms with Gasteiger partial charge in [-0.05, 0) is 54.6 Å². The van der Waals surface area contributed by atoms with Gasteiger partial charge in [0.2, 0.25) is 0 Å². The summed E-state index contributed by atoms with van der Waals surface area (Å²) in [4.78, 5) is 12.0. The van der Waals surface area contributed by atoms with E-state index in [2.05, 4.69) is 10.0 Å². The summed E-state index contributed by atoms with van der Waals surface area (Å²) < 4.78 is 45.9. The minimum atomic E-state index is -4.03. The first-order valence-electron chi connectivity index (χ1n) is 8.63. The van der Waals surface area contributed by atoms with Crippen molar-refractivity contribution in [3.05, 3.63) is 76.5 Å². The van der Waals surface area contributed by atoms with Gasteiger partial charge in [-0.1, -0.05) is 29.3 Å². The summed E-state index contributed by atoms with van der Waals surface area (Å²) in [5, 5.41) is 12.7. The maximum Gasteiger partial charge on any atom is 0.262 e. The molecule has 0 unspecified atom stereocenters. The summed E-state index contributed by atoms with van der Waals surface area (Å²) in [5.74, 6) is -1.52. The Labute approximate surface area is 187 Å². The van der Waals surface area contributed by atoms with Gasteiger partial charge in [-0.3, -0.25) is 9.52 Å². The van der Waals surface area contributed by atoms with Crippen LogP contribution in [0.25, 0.3) is 0 Å². The predicted molar refractivity (Wildman–Crippen MR) is 116 cm³/mol. The summed E-state index contributed by atoms with van der Waals surface area (Å²) in [6.07, 6.45) is 0. The molecule has 0 fully saturated rings. The zero-order chi connectivity index (χ0) is 22.6. The van der Waals surface area contributed by atoms with Crippen LogP contribution in [-0.4, -0.2) is 26.0 Å². The van der Waals surface area contributed by atoms with Crippen molar-refractivity contribution in [1.82, 2.24) is 0 Å². The molecule has 0 spiro atoms. The maximum absolute atomic E-state index is 13.1. The van der Waals surface area contributed by atoms with E-state index in [1.807, 2.05) is 0 Å². The lowest BCUT2D eigenvalue weighted by atomic mass is 10.3. The van der Waals surface area contributed by atoms with Gasteiger partial charge in [0, 0.05) is 5.02 Å². The van der Waals surface area contributed by atoms with Gasteiger partial charge in [-0.15, -0.1) is 0 Å². The molecule has 3 rings (SSSR count). The topological polar surface area (TPSA) is 105 Å². The molecule has 0 aliphatic rings. The van der Waals surface area contributed by atoms with Crippen LogP contribution in [0.3, 0.4) is 0 Å². The molecule has 0 saturated heterocycles. The molecular weight excluding hydrogens is 470 g/mol. The number of nitrogens with one attached hydrogen (secondary N) is 2. The van der Waals surface area contributed by atoms with Crippen LogP contribution in [0.5, 0.6) is 11.5 Å². The zero-order valence-corrected chi connectivity index (χ0v) is 17.9. The van der Waals surface area contributed by atoms with Gasteiger partial charge >= 0.3 is 0 Å². The second-order valence-corrected chi connectivity index (χ2v) is 8.73. The van der Waals surface area contributed by atoms with Crippen LogP contribution >= 0.6 is 23.2 Å². The number of halogens is 3. The van der Waals surface area contributed by atoms with Crippen molar-refractivity contribution in [3.8, 4) is 11.5 Å². The number of phenolic OH excluding ortho intramolecular Hbond substituents is 1. The first kappa shape index (κ1) is 22.7. The molecule has 7 nitrogen and oxygen atoms in total. The Morgan fingerprint density at radius 2 is 1.84 bits per heavy atom. The first-order valence-corrected chi connectivity index (χ1v) is 10.9. The Bertz CT molecular complexity index is 1240. The number of ether oxygens (including phenoxy) is 1. The number of rotatable bonds is 7. The standard InChI is InChI=1S/C20H15Cl2FN2O5S/c21-12-2-1-3-14(8-12)25-31(28,29)15-5-6-18(26)17(10-15)24-20(27)11-30-19-7-4-13(23)9-16(19)22/h1-10,25-26H,11H2,(H,24,27). The van der Waals surface area contributed by atoms with Crippen LogP contribution in [0.4, 0.5) is 15.8 Å². The minimum Gasteiger partial charge on any atom is -0.506 e. The van der Waals surface area contributed by atoms with E-state index in [9.17, 15) is 22.7 Å². The lowest BCUT2D eigenvalue weighted by Crippen LogP contribution is -2.21. The lowest BCUT2D eigenvalue weighted by molar-refractivity contribution is -0.118. The number of carbonyl (C=O) groups is 1. The van der Waals surface area contributed by atoms with E-state index in [1.165, 1.54) is 24.3 Å². The molecule has 3 aromatic rings. The van der Waals surface area contributed by atoms with E-state index in [0.29, 0.717) is 5.02 Å². The van der Waals surface area contributed by atoms with Gasteiger partial charge in [-0.25, -0.2) is 12.8 Å². The third-order valence-electron chi connectivity index (χ3n) is 3.88. The molecule has 1 amide bonds. The number of anilines is 2. The van der Waals surface area contributed by atoms with E-state index in [4.69, 9.17) is 27.9 Å². The van der Waals surface area contributed by atoms with E-state index in [0.717, 1.165) is 24.3 Å². The Kier molecular flexibility index (Phi) is 6.89. The number of benzene rings is 3. The molecule has 162 valence electrons. The average Bonchev–Trinajstić information content (AvgIpc) is 2.68. The van der Waals surface area contributed by atoms with E-state index in [-0.39, 0.29) is 32.8 Å². The van der Waals surface area contributed by atoms with Crippen LogP contribution in [0, 0.1) is 5.82 Å². The molecule has 0 heterocycles. The number of amides is 1. The van der Waals surface area contributed by atoms with Crippen molar-refractivity contribution in [1.29, 1.82) is 0 Å². The van der Waals surface area contributed by atoms with E-state index < -0.39 is 28.4 Å². The van der Waals surface area contributed by atoms with Crippen LogP contribution in [-0.2, 0) is 14.8 Å². The lowest BCUT2D eigenvalue weighted by Gasteiger charge is -2.12. The minimum absolute atomic E-state index is 0.0178. The number of sulfonamides is 1. The smallest absolute Gasteiger partial charge is 0.262 e. The highest BCUT2D eigenvalue weighted by Gasteiger charge is 2.18. The maximum atomic E-state index is 13.1. The fourth-order valence-corrected chi connectivity index (χ4v) is 3.96. The molecule has 3 aromatic carbocycles. The molecule has 0 bridgehead atoms. The van der Waals surface area contributed by atoms with Crippen molar-refractivity contribution in [2.24, 2.45) is 0 Å². The molecule has 3 N–H and O–H groups in total. The fraction of sp³-hybridized carbons (Fsp3) is 0.0500. The quantitative estimate of drug-likeness (QED) is 0.423. The first-order chi connectivity index (χ1) is 14.6. The fourth-order valence-electron chi connectivity index (χ4n) is 2.47. The van der Waals surface area contributed by atoms with Gasteiger partial charge in [0.15, 0.2) is 6.61 Å². The normalized spacial score (nSPS) is 11.1. The number of aromatic hydroxyl groups is 1. The molecule has 0 saturated carbocycles. The zero-order valence-electron chi connectivity index (χ0n) is 15.6. The number of carbonyl (C=O) groups excluding carboxylic acids is 1. The molecule has 0 radical (unpaired) electrons. The van der Waals surface area contributed by atoms with Gasteiger partial charge in [0.1, 0.15) is 17.3 Å². The number of hydrogen-bond acceptors (Lipinski definition) is 5. The summed E-state index contributed by atoms with van der Waals surface area (Å²) in [6.45, 7) is -0.511. The Morgan fingerprint density at radius 3 is 2.55 bits per heavy atom. The SMILES string of the molecule is O=C(COc1ccc(F)cc1Cl)Nc1cc(S(=O)(=O)Nc2cccc(Cl)c2)ccc1O. The molecule has 0 aromatic heterocycles. The van der Waals surface area contributed by atoms with Crippen LogP contribution in [0.15, 0.2) is 65.6 Å². The summed E-state index contributed by atoms with van der Waals surface area (Å²) >= 11 is 11.7. The van der Waals surface area contributed by atoms with E-state index in [1.54, 1.807) is 12.1 Å². The van der Waals surface area contributed by atoms with E-state index >= 15 is 0 Å². The number of hydrogen-bond donors (Lipinski definition) is 3. The second-order valence-electron chi connectivity index (χ2n) is 6.21. The Morgan fingerprint density at radius 1 is 1.06 bits per heavy atom. The van der Waals surface area contributed by atoms with Gasteiger partial charge < -0.3 is 15.2 Å². The summed E-state index contributed by atoms with van der Waals surface area (Å²) in [6, 6.07) is 12.9. The second kappa shape index (κ2) is 9.42. The van der Waals surface area contributed by atoms with Gasteiger partial charge in [0.05, 0.1) is 21.3 Å². The number of phenols is 1. The van der Waals surface area contributed by atoms with Crippen molar-refractivity contribution in [3.63, 3.8) is 0 Å². The van der Waals surface area contributed by atoms with Crippen LogP contribution in [0.1, 0.15) is 0 Å². The third-order valence-corrected chi connectivity index (χ3v) is 5.79. The predicted octanol–water partition coefficient (Wildman–Crippen LogP) is 4.66. The largest absolute Gasteiger partial charge is 0.506 e. The third kappa shape index (κ3) is 6.00. The molecule has 11 heteroatoms. The van der Waals surface area contributed by atoms with Crippen molar-refractivity contribution in [2.45, 2.75) is 4.90 Å². The van der Waals surface area contributed by atoms with Crippen LogP contribution in [0.2, 0.25) is 10.0 Å². The summed E-state index contributed by atoms with van der Waals surface area (Å²) in [5.41, 5.74) is 0.100. The van der Waals surface area contributed by atoms with Gasteiger partial charge in [0.25, 0.3) is 15.9 Å². The highest BCUT2D eigenvalue weighted by atomic mass is 35.5. The van der Waals surface area contributed by atoms with Crippen molar-refractivity contribution >= 4 is 50.5 Å². The average molecular weight is 485 g/mol. The molecular formula is C20H15Cl2FN2O5S. The van der Waals surface area contributed by atoms with Crippen LogP contribution < -0.4 is 14.8 Å². The van der Waals surface area contributed by atoms with Gasteiger partial charge in [-0.2, -0.15) is 0 Å². The highest BCUT2D eigenvalue weighted by Crippen LogP contribution is 2.28. The monoisotopic (exact) mass is 484 g/mol. The Balaban J connectivity index is 1.72. The summed E-state index contributed by atoms with van der Waals surface area (Å²) in [7, 11) is -4.03. The molecule has 0 aliphatic heterocycles. The molecule has 0 atom stereocenters. The van der Waals surface area contributed by atoms with Crippen molar-refractivity contribution < 1.29 is 27.4 Å². The Hall–Kier alpha value is -3.01. The van der Waals surface area contributed by atoms with Crippen molar-refractivity contribution in [2.75, 3.05) is 16.6 Å². The highest BCUT2D eigenvalue weighted by molar-refractivity contribution is 7.92. The molecule has 0 aliphatic carbocycles. The molecule has 31 heavy (non-hydrogen) atoms.